The van der Waals surface area contributed by atoms with E-state index in [0.29, 0.717) is 5.75 Å². The van der Waals surface area contributed by atoms with Crippen LogP contribution in [0.2, 0.25) is 0 Å². The summed E-state index contributed by atoms with van der Waals surface area (Å²) in [5.41, 5.74) is 6.80. The largest absolute Gasteiger partial charge is 0.550 e. The van der Waals surface area contributed by atoms with Gasteiger partial charge in [-0.2, -0.15) is 0 Å². The second-order valence-corrected chi connectivity index (χ2v) is 7.27. The fourth-order valence-electron chi connectivity index (χ4n) is 1.84. The van der Waals surface area contributed by atoms with E-state index >= 15 is 0 Å². The number of phenols is 1. The predicted octanol–water partition coefficient (Wildman–Crippen LogP) is 2.01. The van der Waals surface area contributed by atoms with Crippen LogP contribution in [0.1, 0.15) is 66.0 Å². The molecule has 0 fully saturated rings. The molecule has 21 heavy (non-hydrogen) atoms. The maximum Gasteiger partial charge on any atom is 0.128 e. The van der Waals surface area contributed by atoms with Crippen LogP contribution in [-0.4, -0.2) is 11.1 Å². The van der Waals surface area contributed by atoms with Crippen molar-refractivity contribution in [2.45, 2.75) is 65.7 Å². The van der Waals surface area contributed by atoms with Gasteiger partial charge in [0.15, 0.2) is 0 Å². The molecule has 0 saturated heterocycles. The van der Waals surface area contributed by atoms with Crippen molar-refractivity contribution in [1.82, 2.24) is 0 Å². The number of benzene rings is 1. The van der Waals surface area contributed by atoms with Crippen LogP contribution in [0.15, 0.2) is 12.1 Å². The highest BCUT2D eigenvalue weighted by Crippen LogP contribution is 2.39. The Kier molecular flexibility index (Phi) is 6.43. The van der Waals surface area contributed by atoms with Gasteiger partial charge in [0.1, 0.15) is 11.4 Å². The molecule has 120 valence electrons. The van der Waals surface area contributed by atoms with Crippen molar-refractivity contribution in [3.63, 3.8) is 0 Å². The van der Waals surface area contributed by atoms with Gasteiger partial charge in [-0.25, -0.2) is 0 Å². The van der Waals surface area contributed by atoms with Crippen LogP contribution in [0.3, 0.4) is 0 Å². The number of carboxylic acids is 1. The van der Waals surface area contributed by atoms with Crippen molar-refractivity contribution in [1.29, 1.82) is 0 Å². The first-order chi connectivity index (χ1) is 9.30. The van der Waals surface area contributed by atoms with Gasteiger partial charge in [0.2, 0.25) is 0 Å². The van der Waals surface area contributed by atoms with Gasteiger partial charge in [0.25, 0.3) is 0 Å². The quantitative estimate of drug-likeness (QED) is 0.830. The zero-order chi connectivity index (χ0) is 17.0. The van der Waals surface area contributed by atoms with Crippen LogP contribution < -0.4 is 10.8 Å². The van der Waals surface area contributed by atoms with Crippen molar-refractivity contribution in [2.75, 3.05) is 0 Å². The number of carbonyl (C=O) groups is 1. The Morgan fingerprint density at radius 2 is 1.38 bits per heavy atom. The Balaban J connectivity index is 0.000000690. The highest BCUT2D eigenvalue weighted by molar-refractivity contribution is 5.63. The molecule has 0 amide bonds. The molecule has 1 aromatic carbocycles. The zero-order valence-electron chi connectivity index (χ0n) is 14.3. The molecule has 4 heteroatoms. The minimum atomic E-state index is -0.995. The van der Waals surface area contributed by atoms with Crippen molar-refractivity contribution in [3.8, 4) is 5.75 Å². The Hall–Kier alpha value is -1.55. The molecule has 0 heterocycles. The molecule has 0 aliphatic rings. The van der Waals surface area contributed by atoms with Crippen LogP contribution in [0.5, 0.6) is 5.75 Å². The lowest BCUT2D eigenvalue weighted by Gasteiger charge is -2.26. The first kappa shape index (κ1) is 19.4. The Labute approximate surface area is 128 Å². The van der Waals surface area contributed by atoms with E-state index in [9.17, 15) is 15.0 Å². The number of aromatic hydroxyl groups is 1. The van der Waals surface area contributed by atoms with Gasteiger partial charge >= 0.3 is 0 Å². The maximum absolute atomic E-state index is 10.4. The standard InChI is InChI=1S/C14H23NO.C3H6O2/c1-13(2,3)10-7-9(15)8-11(12(10)16)14(4,5)6;1-2-3(4)5/h7-8,16H,15H2,1-6H3;2H2,1H3,(H,4,5). The Morgan fingerprint density at radius 1 is 1.10 bits per heavy atom. The smallest absolute Gasteiger partial charge is 0.128 e. The molecule has 1 rings (SSSR count). The summed E-state index contributed by atoms with van der Waals surface area (Å²) in [4.78, 5) is 9.26. The van der Waals surface area contributed by atoms with Gasteiger partial charge in [0.05, 0.1) is 0 Å². The van der Waals surface area contributed by atoms with Crippen LogP contribution in [0.25, 0.3) is 0 Å². The summed E-state index contributed by atoms with van der Waals surface area (Å²) in [7, 11) is 0. The van der Waals surface area contributed by atoms with E-state index in [1.165, 1.54) is 6.92 Å². The van der Waals surface area contributed by atoms with E-state index in [2.05, 4.69) is 47.3 Å². The number of carboxylic acid groups (broad SMARTS) is 1. The van der Waals surface area contributed by atoms with E-state index in [-0.39, 0.29) is 17.3 Å². The number of aliphatic carboxylic acids is 1. The molecular weight excluding hydrogens is 266 g/mol. The van der Waals surface area contributed by atoms with Gasteiger partial charge in [-0.1, -0.05) is 48.5 Å². The first-order valence-electron chi connectivity index (χ1n) is 7.20. The van der Waals surface area contributed by atoms with Crippen molar-refractivity contribution in [3.05, 3.63) is 23.3 Å². The summed E-state index contributed by atoms with van der Waals surface area (Å²) in [6.07, 6.45) is 0.111. The number of phenolic OH excluding ortho intramolecular Hbond substituents is 1. The SMILES string of the molecule is CC(C)(C)c1cc([NH3+])cc(C(C)(C)C)c1O.CCC(=O)[O-]. The number of quaternary nitrogens is 1. The number of hydrogen-bond donors (Lipinski definition) is 2. The van der Waals surface area contributed by atoms with Crippen molar-refractivity contribution < 1.29 is 20.7 Å². The molecule has 1 aromatic rings. The molecule has 0 aliphatic carbocycles. The molecule has 0 bridgehead atoms. The van der Waals surface area contributed by atoms with Gasteiger partial charge in [-0.3, -0.25) is 0 Å². The number of carbonyl (C=O) groups excluding carboxylic acids is 1. The van der Waals surface area contributed by atoms with E-state index in [1.54, 1.807) is 0 Å². The van der Waals surface area contributed by atoms with Crippen LogP contribution in [-0.2, 0) is 15.6 Å². The van der Waals surface area contributed by atoms with Crippen LogP contribution >= 0.6 is 0 Å². The normalized spacial score (nSPS) is 11.6. The highest BCUT2D eigenvalue weighted by Gasteiger charge is 2.26. The molecule has 0 radical (unpaired) electrons. The third-order valence-electron chi connectivity index (χ3n) is 3.07. The lowest BCUT2D eigenvalue weighted by molar-refractivity contribution is -0.305. The van der Waals surface area contributed by atoms with Gasteiger partial charge < -0.3 is 20.7 Å². The minimum absolute atomic E-state index is 0.0578. The molecule has 0 atom stereocenters. The number of hydrogen-bond acceptors (Lipinski definition) is 3. The van der Waals surface area contributed by atoms with Crippen molar-refractivity contribution in [2.24, 2.45) is 0 Å². The fourth-order valence-corrected chi connectivity index (χ4v) is 1.84. The topological polar surface area (TPSA) is 88.0 Å². The molecule has 0 unspecified atom stereocenters. The molecule has 0 aliphatic heterocycles. The molecular formula is C17H29NO3. The maximum atomic E-state index is 10.4. The summed E-state index contributed by atoms with van der Waals surface area (Å²) in [6.45, 7) is 14.2. The second-order valence-electron chi connectivity index (χ2n) is 7.27. The summed E-state index contributed by atoms with van der Waals surface area (Å²) in [5.74, 6) is -0.572. The summed E-state index contributed by atoms with van der Waals surface area (Å²) in [6, 6.07) is 3.95. The van der Waals surface area contributed by atoms with Crippen LogP contribution in [0, 0.1) is 0 Å². The summed E-state index contributed by atoms with van der Waals surface area (Å²) in [5, 5.41) is 19.6. The lowest BCUT2D eigenvalue weighted by atomic mass is 9.79. The third kappa shape index (κ3) is 6.17. The molecule has 0 saturated carbocycles. The zero-order valence-corrected chi connectivity index (χ0v) is 14.3. The predicted molar refractivity (Wildman–Crippen MR) is 83.4 cm³/mol. The third-order valence-corrected chi connectivity index (χ3v) is 3.07. The fraction of sp³-hybridized carbons (Fsp3) is 0.588. The van der Waals surface area contributed by atoms with Gasteiger partial charge in [-0.05, 0) is 17.3 Å². The second kappa shape index (κ2) is 6.94. The van der Waals surface area contributed by atoms with Gasteiger partial charge in [-0.15, -0.1) is 0 Å². The van der Waals surface area contributed by atoms with E-state index in [1.807, 2.05) is 12.1 Å². The average molecular weight is 295 g/mol. The van der Waals surface area contributed by atoms with Gasteiger partial charge in [0, 0.05) is 29.2 Å². The van der Waals surface area contributed by atoms with Crippen molar-refractivity contribution >= 4 is 11.7 Å². The summed E-state index contributed by atoms with van der Waals surface area (Å²) < 4.78 is 0. The lowest BCUT2D eigenvalue weighted by Crippen LogP contribution is -2.41. The molecule has 4 N–H and O–H groups in total. The summed E-state index contributed by atoms with van der Waals surface area (Å²) >= 11 is 0. The highest BCUT2D eigenvalue weighted by atomic mass is 16.4. The Bertz CT molecular complexity index is 459. The molecule has 0 aromatic heterocycles. The molecule has 0 spiro atoms. The molecule has 4 nitrogen and oxygen atoms in total. The average Bonchev–Trinajstić information content (AvgIpc) is 2.29. The van der Waals surface area contributed by atoms with Crippen LogP contribution in [0.4, 0.5) is 5.69 Å². The number of rotatable bonds is 1. The first-order valence-corrected chi connectivity index (χ1v) is 7.20. The minimum Gasteiger partial charge on any atom is -0.550 e. The van der Waals surface area contributed by atoms with E-state index in [4.69, 9.17) is 0 Å². The Morgan fingerprint density at radius 3 is 1.57 bits per heavy atom. The van der Waals surface area contributed by atoms with E-state index in [0.717, 1.165) is 16.8 Å². The van der Waals surface area contributed by atoms with E-state index < -0.39 is 5.97 Å². The monoisotopic (exact) mass is 295 g/mol.